The maximum absolute atomic E-state index is 12.4. The summed E-state index contributed by atoms with van der Waals surface area (Å²) < 4.78 is 3.12. The van der Waals surface area contributed by atoms with E-state index in [1.807, 2.05) is 67.2 Å². The van der Waals surface area contributed by atoms with Gasteiger partial charge in [0.2, 0.25) is 5.91 Å². The van der Waals surface area contributed by atoms with Crippen LogP contribution < -0.4 is 5.32 Å². The van der Waals surface area contributed by atoms with E-state index in [2.05, 4.69) is 21.4 Å². The van der Waals surface area contributed by atoms with Gasteiger partial charge in [-0.25, -0.2) is 9.97 Å². The van der Waals surface area contributed by atoms with Crippen LogP contribution in [0.1, 0.15) is 17.5 Å². The van der Waals surface area contributed by atoms with E-state index in [4.69, 9.17) is 0 Å². The summed E-state index contributed by atoms with van der Waals surface area (Å²) in [5.41, 5.74) is 3.02. The number of carbonyl (C=O) groups is 1. The molecule has 0 aliphatic carbocycles. The lowest BCUT2D eigenvalue weighted by atomic mass is 10.1. The van der Waals surface area contributed by atoms with Crippen molar-refractivity contribution in [2.24, 2.45) is 7.05 Å². The van der Waals surface area contributed by atoms with Gasteiger partial charge in [0, 0.05) is 31.5 Å². The van der Waals surface area contributed by atoms with E-state index in [-0.39, 0.29) is 11.2 Å². The molecule has 2 heterocycles. The van der Waals surface area contributed by atoms with E-state index in [1.165, 1.54) is 22.0 Å². The number of rotatable bonds is 6. The molecule has 1 atom stereocenters. The summed E-state index contributed by atoms with van der Waals surface area (Å²) in [6.07, 6.45) is 4.40. The lowest BCUT2D eigenvalue weighted by Gasteiger charge is -2.12. The Balaban J connectivity index is 1.37. The molecule has 0 spiro atoms. The number of imidazole rings is 1. The lowest BCUT2D eigenvalue weighted by Crippen LogP contribution is -2.22. The highest BCUT2D eigenvalue weighted by atomic mass is 32.2. The number of benzene rings is 2. The van der Waals surface area contributed by atoms with Gasteiger partial charge in [-0.1, -0.05) is 36.0 Å². The number of nitrogens with zero attached hydrogens (tertiary/aromatic N) is 3. The molecule has 4 aromatic rings. The minimum Gasteiger partial charge on any atom is -0.329 e. The summed E-state index contributed by atoms with van der Waals surface area (Å²) in [6.45, 7) is 1.89. The van der Waals surface area contributed by atoms with Crippen LogP contribution in [0.3, 0.4) is 0 Å². The molecule has 4 rings (SSSR count). The van der Waals surface area contributed by atoms with Crippen LogP contribution in [-0.2, 0) is 18.3 Å². The second-order valence-corrected chi connectivity index (χ2v) is 8.94. The van der Waals surface area contributed by atoms with Crippen LogP contribution in [-0.4, -0.2) is 25.7 Å². The topological polar surface area (TPSA) is 59.8 Å². The molecule has 142 valence electrons. The first-order valence-electron chi connectivity index (χ1n) is 8.97. The Morgan fingerprint density at radius 3 is 2.71 bits per heavy atom. The number of thioether (sulfide) groups is 1. The second-order valence-electron chi connectivity index (χ2n) is 6.52. The van der Waals surface area contributed by atoms with Crippen LogP contribution >= 0.6 is 23.1 Å². The van der Waals surface area contributed by atoms with Crippen LogP contribution in [0.25, 0.3) is 10.2 Å². The van der Waals surface area contributed by atoms with Crippen molar-refractivity contribution >= 4 is 44.9 Å². The van der Waals surface area contributed by atoms with E-state index < -0.39 is 0 Å². The number of anilines is 1. The average molecular weight is 409 g/mol. The summed E-state index contributed by atoms with van der Waals surface area (Å²) in [7, 11) is 1.92. The minimum atomic E-state index is -0.233. The van der Waals surface area contributed by atoms with Crippen molar-refractivity contribution < 1.29 is 4.79 Å². The van der Waals surface area contributed by atoms with E-state index in [9.17, 15) is 4.79 Å². The molecule has 1 N–H and O–H groups in total. The number of hydrogen-bond donors (Lipinski definition) is 1. The maximum atomic E-state index is 12.4. The fraction of sp³-hybridized carbons (Fsp3) is 0.190. The van der Waals surface area contributed by atoms with Crippen LogP contribution in [0.15, 0.2) is 66.1 Å². The Morgan fingerprint density at radius 1 is 1.21 bits per heavy atom. The maximum Gasteiger partial charge on any atom is 0.237 e. The molecule has 0 saturated carbocycles. The largest absolute Gasteiger partial charge is 0.329 e. The number of amides is 1. The Kier molecular flexibility index (Phi) is 5.45. The number of para-hydroxylation sites is 1. The predicted octanol–water partition coefficient (Wildman–Crippen LogP) is 4.74. The van der Waals surface area contributed by atoms with Crippen LogP contribution in [0.5, 0.6) is 0 Å². The Bertz CT molecular complexity index is 1070. The Labute approximate surface area is 171 Å². The van der Waals surface area contributed by atoms with Gasteiger partial charge in [-0.15, -0.1) is 11.3 Å². The fourth-order valence-corrected chi connectivity index (χ4v) is 4.63. The first kappa shape index (κ1) is 18.7. The molecule has 2 aromatic carbocycles. The lowest BCUT2D eigenvalue weighted by molar-refractivity contribution is -0.115. The number of nitrogens with one attached hydrogen (secondary N) is 1. The number of aryl methyl sites for hydroxylation is 1. The molecule has 7 heteroatoms. The number of thiazole rings is 1. The smallest absolute Gasteiger partial charge is 0.237 e. The van der Waals surface area contributed by atoms with Crippen molar-refractivity contribution in [1.29, 1.82) is 0 Å². The highest BCUT2D eigenvalue weighted by Crippen LogP contribution is 2.25. The molecule has 0 saturated heterocycles. The molecule has 0 aliphatic rings. The van der Waals surface area contributed by atoms with Gasteiger partial charge in [-0.3, -0.25) is 4.79 Å². The number of aromatic nitrogens is 3. The first-order valence-corrected chi connectivity index (χ1v) is 10.7. The van der Waals surface area contributed by atoms with Gasteiger partial charge in [0.05, 0.1) is 20.5 Å². The molecule has 28 heavy (non-hydrogen) atoms. The molecule has 0 fully saturated rings. The minimum absolute atomic E-state index is 0.0353. The zero-order valence-electron chi connectivity index (χ0n) is 15.6. The second kappa shape index (κ2) is 8.16. The summed E-state index contributed by atoms with van der Waals surface area (Å²) in [4.78, 5) is 21.4. The predicted molar refractivity (Wildman–Crippen MR) is 116 cm³/mol. The molecule has 0 bridgehead atoms. The van der Waals surface area contributed by atoms with Crippen molar-refractivity contribution in [3.8, 4) is 0 Å². The SMILES string of the molecule is C[C@@H](Sc1nccn1C)C(=O)Nc1ccc(Cc2nc3ccccc3s2)cc1. The molecule has 0 aliphatic heterocycles. The van der Waals surface area contributed by atoms with Gasteiger partial charge in [0.25, 0.3) is 0 Å². The average Bonchev–Trinajstić information content (AvgIpc) is 3.28. The van der Waals surface area contributed by atoms with Crippen molar-refractivity contribution in [3.05, 3.63) is 71.5 Å². The zero-order chi connectivity index (χ0) is 19.5. The van der Waals surface area contributed by atoms with Crippen LogP contribution in [0.4, 0.5) is 5.69 Å². The number of hydrogen-bond acceptors (Lipinski definition) is 5. The molecule has 0 unspecified atom stereocenters. The van der Waals surface area contributed by atoms with E-state index in [0.717, 1.165) is 27.8 Å². The van der Waals surface area contributed by atoms with E-state index in [0.29, 0.717) is 0 Å². The third kappa shape index (κ3) is 4.26. The Hall–Kier alpha value is -2.64. The molecule has 2 aromatic heterocycles. The van der Waals surface area contributed by atoms with Gasteiger partial charge in [-0.05, 0) is 36.8 Å². The third-order valence-electron chi connectivity index (χ3n) is 4.34. The molecule has 0 radical (unpaired) electrons. The van der Waals surface area contributed by atoms with Gasteiger partial charge in [0.1, 0.15) is 0 Å². The number of fused-ring (bicyclic) bond motifs is 1. The zero-order valence-corrected chi connectivity index (χ0v) is 17.3. The normalized spacial score (nSPS) is 12.2. The fourth-order valence-electron chi connectivity index (χ4n) is 2.80. The first-order chi connectivity index (χ1) is 13.6. The highest BCUT2D eigenvalue weighted by molar-refractivity contribution is 8.00. The summed E-state index contributed by atoms with van der Waals surface area (Å²) >= 11 is 3.17. The van der Waals surface area contributed by atoms with Gasteiger partial charge < -0.3 is 9.88 Å². The van der Waals surface area contributed by atoms with Crippen LogP contribution in [0.2, 0.25) is 0 Å². The molecule has 1 amide bonds. The van der Waals surface area contributed by atoms with Crippen LogP contribution in [0, 0.1) is 0 Å². The van der Waals surface area contributed by atoms with E-state index >= 15 is 0 Å². The molecule has 5 nitrogen and oxygen atoms in total. The summed E-state index contributed by atoms with van der Waals surface area (Å²) in [5.74, 6) is -0.0353. The monoisotopic (exact) mass is 408 g/mol. The van der Waals surface area contributed by atoms with Gasteiger partial charge >= 0.3 is 0 Å². The van der Waals surface area contributed by atoms with Gasteiger partial charge in [-0.2, -0.15) is 0 Å². The Morgan fingerprint density at radius 2 is 2.00 bits per heavy atom. The number of carbonyl (C=O) groups excluding carboxylic acids is 1. The quantitative estimate of drug-likeness (QED) is 0.468. The standard InChI is InChI=1S/C21H20N4OS2/c1-14(27-21-22-11-12-25(21)2)20(26)23-16-9-7-15(8-10-16)13-19-24-17-5-3-4-6-18(17)28-19/h3-12,14H,13H2,1-2H3,(H,23,26)/t14-/m1/s1. The highest BCUT2D eigenvalue weighted by Gasteiger charge is 2.16. The van der Waals surface area contributed by atoms with Crippen molar-refractivity contribution in [3.63, 3.8) is 0 Å². The van der Waals surface area contributed by atoms with Crippen molar-refractivity contribution in [1.82, 2.24) is 14.5 Å². The van der Waals surface area contributed by atoms with Crippen molar-refractivity contribution in [2.75, 3.05) is 5.32 Å². The molecular weight excluding hydrogens is 388 g/mol. The van der Waals surface area contributed by atoms with Crippen molar-refractivity contribution in [2.45, 2.75) is 23.8 Å². The van der Waals surface area contributed by atoms with Gasteiger partial charge in [0.15, 0.2) is 5.16 Å². The third-order valence-corrected chi connectivity index (χ3v) is 6.55. The summed E-state index contributed by atoms with van der Waals surface area (Å²) in [5, 5.41) is 4.67. The summed E-state index contributed by atoms with van der Waals surface area (Å²) in [6, 6.07) is 16.1. The van der Waals surface area contributed by atoms with E-state index in [1.54, 1.807) is 17.5 Å². The molecular formula is C21H20N4OS2.